The van der Waals surface area contributed by atoms with Gasteiger partial charge in [0.1, 0.15) is 0 Å². The van der Waals surface area contributed by atoms with Crippen LogP contribution < -0.4 is 0 Å². The zero-order valence-corrected chi connectivity index (χ0v) is 29.6. The zero-order valence-electron chi connectivity index (χ0n) is 29.6. The molecule has 1 aliphatic carbocycles. The topological polar surface area (TPSA) is 30.1 Å². The molecule has 0 bridgehead atoms. The lowest BCUT2D eigenvalue weighted by atomic mass is 9.81. The molecule has 1 heterocycles. The van der Waals surface area contributed by atoms with Gasteiger partial charge in [0.25, 0.3) is 0 Å². The van der Waals surface area contributed by atoms with Gasteiger partial charge in [-0.3, -0.25) is 0 Å². The van der Waals surface area contributed by atoms with Crippen LogP contribution in [0.1, 0.15) is 25.0 Å². The molecule has 3 nitrogen and oxygen atoms in total. The molecule has 0 unspecified atom stereocenters. The minimum atomic E-state index is -0.180. The van der Waals surface area contributed by atoms with Crippen molar-refractivity contribution in [2.75, 3.05) is 0 Å². The molecule has 0 spiro atoms. The maximum absolute atomic E-state index is 7.77. The van der Waals surface area contributed by atoms with E-state index in [-0.39, 0.29) is 5.41 Å². The first-order valence-electron chi connectivity index (χ1n) is 17.9. The molecule has 0 saturated heterocycles. The Bertz CT molecular complexity index is 2690. The van der Waals surface area contributed by atoms with Crippen molar-refractivity contribution in [1.29, 1.82) is 0 Å². The van der Waals surface area contributed by atoms with Gasteiger partial charge in [0.15, 0.2) is 11.5 Å². The van der Waals surface area contributed by atoms with Gasteiger partial charge in [0, 0.05) is 22.1 Å². The second-order valence-corrected chi connectivity index (χ2v) is 14.1. The predicted molar refractivity (Wildman–Crippen MR) is 218 cm³/mol. The molecule has 3 heteroatoms. The lowest BCUT2D eigenvalue weighted by molar-refractivity contribution is 0.661. The zero-order chi connectivity index (χ0) is 35.9. The summed E-state index contributed by atoms with van der Waals surface area (Å²) < 4.78 is 0. The fraction of sp³-hybridized carbons (Fsp3) is 0.0600. The van der Waals surface area contributed by atoms with Gasteiger partial charge in [0.05, 0.1) is 18.0 Å². The maximum atomic E-state index is 7.77. The third kappa shape index (κ3) is 5.81. The molecule has 9 rings (SSSR count). The van der Waals surface area contributed by atoms with Crippen LogP contribution in [0.3, 0.4) is 0 Å². The Morgan fingerprint density at radius 1 is 0.415 bits per heavy atom. The van der Waals surface area contributed by atoms with Gasteiger partial charge < -0.3 is 0 Å². The van der Waals surface area contributed by atoms with Crippen LogP contribution >= 0.6 is 0 Å². The molecule has 0 amide bonds. The second-order valence-electron chi connectivity index (χ2n) is 14.1. The van der Waals surface area contributed by atoms with Crippen LogP contribution in [0.2, 0.25) is 0 Å². The van der Waals surface area contributed by atoms with Gasteiger partial charge in [-0.25, -0.2) is 14.8 Å². The van der Waals surface area contributed by atoms with E-state index in [0.717, 1.165) is 61.6 Å². The molecule has 0 fully saturated rings. The normalized spacial score (nSPS) is 12.5. The van der Waals surface area contributed by atoms with Gasteiger partial charge in [-0.1, -0.05) is 166 Å². The van der Waals surface area contributed by atoms with Crippen LogP contribution in [0, 0.1) is 6.57 Å². The summed E-state index contributed by atoms with van der Waals surface area (Å²) in [5.41, 5.74) is 17.0. The molecule has 0 radical (unpaired) electrons. The third-order valence-corrected chi connectivity index (χ3v) is 10.5. The van der Waals surface area contributed by atoms with Gasteiger partial charge in [-0.05, 0) is 79.9 Å². The summed E-state index contributed by atoms with van der Waals surface area (Å²) in [4.78, 5) is 14.0. The second kappa shape index (κ2) is 13.0. The Morgan fingerprint density at radius 2 is 0.906 bits per heavy atom. The molecule has 0 aliphatic heterocycles. The molecule has 1 aromatic heterocycles. The van der Waals surface area contributed by atoms with Crippen molar-refractivity contribution < 1.29 is 0 Å². The highest BCUT2D eigenvalue weighted by molar-refractivity contribution is 5.91. The summed E-state index contributed by atoms with van der Waals surface area (Å²) in [5, 5.41) is 0. The van der Waals surface area contributed by atoms with Crippen molar-refractivity contribution in [3.63, 3.8) is 0 Å². The SMILES string of the molecule is [C-]#[N+]c1cccc2c1-c1ccc(-c3cccc(-c4ccc(-c5cc(-c6cccc(-c7ccccc7)c6)nc(-c6ccccc6)n5)cc4)c3)cc1C2(C)C. The molecule has 1 aliphatic rings. The van der Waals surface area contributed by atoms with Crippen LogP contribution in [-0.2, 0) is 5.41 Å². The number of hydrogen-bond acceptors (Lipinski definition) is 2. The summed E-state index contributed by atoms with van der Waals surface area (Å²) in [6.45, 7) is 12.3. The molecule has 8 aromatic rings. The minimum absolute atomic E-state index is 0.180. The van der Waals surface area contributed by atoms with Crippen molar-refractivity contribution in [1.82, 2.24) is 9.97 Å². The quantitative estimate of drug-likeness (QED) is 0.164. The fourth-order valence-electron chi connectivity index (χ4n) is 7.70. The van der Waals surface area contributed by atoms with Gasteiger partial charge in [0.2, 0.25) is 0 Å². The van der Waals surface area contributed by atoms with E-state index in [9.17, 15) is 0 Å². The van der Waals surface area contributed by atoms with Crippen LogP contribution in [0.4, 0.5) is 5.69 Å². The van der Waals surface area contributed by atoms with Crippen molar-refractivity contribution in [2.45, 2.75) is 19.3 Å². The number of benzene rings is 7. The molecular formula is C50H35N3. The third-order valence-electron chi connectivity index (χ3n) is 10.5. The largest absolute Gasteiger partial charge is 0.238 e. The number of nitrogens with zero attached hydrogens (tertiary/aromatic N) is 3. The fourth-order valence-corrected chi connectivity index (χ4v) is 7.70. The first kappa shape index (κ1) is 32.0. The van der Waals surface area contributed by atoms with Crippen LogP contribution in [0.25, 0.3) is 83.3 Å². The number of hydrogen-bond donors (Lipinski definition) is 0. The van der Waals surface area contributed by atoms with Crippen LogP contribution in [0.5, 0.6) is 0 Å². The van der Waals surface area contributed by atoms with E-state index in [1.165, 1.54) is 27.8 Å². The van der Waals surface area contributed by atoms with E-state index in [1.807, 2.05) is 36.4 Å². The van der Waals surface area contributed by atoms with Gasteiger partial charge >= 0.3 is 0 Å². The Labute approximate surface area is 310 Å². The average Bonchev–Trinajstić information content (AvgIpc) is 3.47. The number of fused-ring (bicyclic) bond motifs is 3. The van der Waals surface area contributed by atoms with E-state index >= 15 is 0 Å². The summed E-state index contributed by atoms with van der Waals surface area (Å²) in [6, 6.07) is 61.6. The minimum Gasteiger partial charge on any atom is -0.238 e. The Hall–Kier alpha value is -6.89. The lowest BCUT2D eigenvalue weighted by Crippen LogP contribution is -2.14. The first-order valence-corrected chi connectivity index (χ1v) is 17.9. The Balaban J connectivity index is 1.06. The standard InChI is InChI=1S/C50H35N3/c1-50(2)43-21-12-22-45(51-3)48(43)42-28-27-40(31-44(42)50)39-19-10-17-37(29-39)34-23-25-35(26-24-34)46-32-47(53-49(52-46)36-15-8-5-9-16-36)41-20-11-18-38(30-41)33-13-6-4-7-14-33/h4-32H,1-2H3. The average molecular weight is 678 g/mol. The van der Waals surface area contributed by atoms with E-state index < -0.39 is 0 Å². The summed E-state index contributed by atoms with van der Waals surface area (Å²) in [7, 11) is 0. The van der Waals surface area contributed by atoms with E-state index in [1.54, 1.807) is 0 Å². The molecule has 0 saturated carbocycles. The van der Waals surface area contributed by atoms with Crippen LogP contribution in [-0.4, -0.2) is 9.97 Å². The van der Waals surface area contributed by atoms with Gasteiger partial charge in [-0.15, -0.1) is 0 Å². The highest BCUT2D eigenvalue weighted by Crippen LogP contribution is 2.53. The van der Waals surface area contributed by atoms with E-state index in [4.69, 9.17) is 16.5 Å². The predicted octanol–water partition coefficient (Wildman–Crippen LogP) is 13.3. The Morgan fingerprint density at radius 3 is 1.58 bits per heavy atom. The van der Waals surface area contributed by atoms with Crippen molar-refractivity contribution in [3.05, 3.63) is 198 Å². The molecule has 7 aromatic carbocycles. The van der Waals surface area contributed by atoms with Crippen molar-refractivity contribution >= 4 is 5.69 Å². The first-order chi connectivity index (χ1) is 26.0. The Kier molecular flexibility index (Phi) is 7.87. The molecule has 0 atom stereocenters. The van der Waals surface area contributed by atoms with E-state index in [2.05, 4.69) is 158 Å². The number of rotatable bonds is 6. The molecule has 250 valence electrons. The highest BCUT2D eigenvalue weighted by atomic mass is 14.9. The van der Waals surface area contributed by atoms with Crippen molar-refractivity contribution in [2.24, 2.45) is 0 Å². The molecule has 0 N–H and O–H groups in total. The lowest BCUT2D eigenvalue weighted by Gasteiger charge is -2.22. The summed E-state index contributed by atoms with van der Waals surface area (Å²) in [5.74, 6) is 0.700. The smallest absolute Gasteiger partial charge is 0.195 e. The van der Waals surface area contributed by atoms with E-state index in [0.29, 0.717) is 5.82 Å². The molecular weight excluding hydrogens is 643 g/mol. The molecule has 53 heavy (non-hydrogen) atoms. The highest BCUT2D eigenvalue weighted by Gasteiger charge is 2.36. The maximum Gasteiger partial charge on any atom is 0.195 e. The summed E-state index contributed by atoms with van der Waals surface area (Å²) in [6.07, 6.45) is 0. The van der Waals surface area contributed by atoms with Crippen molar-refractivity contribution in [3.8, 4) is 78.4 Å². The number of aromatic nitrogens is 2. The monoisotopic (exact) mass is 677 g/mol. The summed E-state index contributed by atoms with van der Waals surface area (Å²) >= 11 is 0. The van der Waals surface area contributed by atoms with Crippen LogP contribution in [0.15, 0.2) is 176 Å². The van der Waals surface area contributed by atoms with Gasteiger partial charge in [-0.2, -0.15) is 0 Å².